The fourth-order valence-electron chi connectivity index (χ4n) is 4.86. The van der Waals surface area contributed by atoms with E-state index in [1.165, 1.54) is 11.8 Å². The first-order valence-electron chi connectivity index (χ1n) is 12.6. The Balaban J connectivity index is 1.58. The molecule has 0 radical (unpaired) electrons. The zero-order chi connectivity index (χ0) is 27.4. The van der Waals surface area contributed by atoms with E-state index in [4.69, 9.17) is 23.2 Å². The van der Waals surface area contributed by atoms with Gasteiger partial charge in [0.15, 0.2) is 0 Å². The van der Waals surface area contributed by atoms with Crippen LogP contribution in [0.5, 0.6) is 0 Å². The zero-order valence-corrected chi connectivity index (χ0v) is 23.6. The minimum absolute atomic E-state index is 0.0421. The molecule has 1 aromatic heterocycles. The minimum Gasteiger partial charge on any atom is -0.349 e. The van der Waals surface area contributed by atoms with Crippen molar-refractivity contribution in [3.63, 3.8) is 0 Å². The molecule has 0 aliphatic carbocycles. The van der Waals surface area contributed by atoms with Crippen LogP contribution >= 0.6 is 35.0 Å². The highest BCUT2D eigenvalue weighted by molar-refractivity contribution is 8.01. The molecule has 198 valence electrons. The molecular formula is C31H27Cl2N3O2S. The SMILES string of the molecule is Cc1ccc(SC2(C(=O)NCc3ccccn3)CC(=O)N(Cc3ccc(Cl)cc3)C2c2ccc(Cl)cc2)cc1. The highest BCUT2D eigenvalue weighted by Gasteiger charge is 2.58. The molecule has 1 aliphatic rings. The van der Waals surface area contributed by atoms with E-state index in [1.807, 2.05) is 85.8 Å². The van der Waals surface area contributed by atoms with Crippen LogP contribution in [-0.2, 0) is 22.7 Å². The Hall–Kier alpha value is -3.32. The maximum Gasteiger partial charge on any atom is 0.239 e. The monoisotopic (exact) mass is 575 g/mol. The van der Waals surface area contributed by atoms with Crippen molar-refractivity contribution in [2.45, 2.75) is 42.1 Å². The van der Waals surface area contributed by atoms with E-state index in [0.717, 1.165) is 27.3 Å². The van der Waals surface area contributed by atoms with Gasteiger partial charge in [0.25, 0.3) is 0 Å². The number of likely N-dealkylation sites (tertiary alicyclic amines) is 1. The van der Waals surface area contributed by atoms with Crippen molar-refractivity contribution in [1.82, 2.24) is 15.2 Å². The third-order valence-electron chi connectivity index (χ3n) is 6.80. The van der Waals surface area contributed by atoms with E-state index in [2.05, 4.69) is 10.3 Å². The van der Waals surface area contributed by atoms with E-state index in [-0.39, 0.29) is 24.8 Å². The standard InChI is InChI=1S/C31H27Cl2N3O2S/c1-21-5-15-27(16-6-21)39-31(30(38)35-19-26-4-2-3-17-34-26)18-28(37)36(20-22-7-11-24(32)12-8-22)29(31)23-9-13-25(33)14-10-23/h2-17,29H,18-20H2,1H3,(H,35,38). The molecule has 0 saturated carbocycles. The van der Waals surface area contributed by atoms with E-state index >= 15 is 0 Å². The second-order valence-electron chi connectivity index (χ2n) is 9.59. The van der Waals surface area contributed by atoms with Gasteiger partial charge in [-0.3, -0.25) is 14.6 Å². The molecule has 2 atom stereocenters. The Morgan fingerprint density at radius 1 is 0.974 bits per heavy atom. The molecule has 1 N–H and O–H groups in total. The van der Waals surface area contributed by atoms with Gasteiger partial charge in [-0.15, -0.1) is 11.8 Å². The van der Waals surface area contributed by atoms with Crippen molar-refractivity contribution in [3.8, 4) is 0 Å². The summed E-state index contributed by atoms with van der Waals surface area (Å²) < 4.78 is -1.14. The zero-order valence-electron chi connectivity index (χ0n) is 21.3. The van der Waals surface area contributed by atoms with Crippen molar-refractivity contribution in [1.29, 1.82) is 0 Å². The first kappa shape index (κ1) is 27.3. The molecule has 5 rings (SSSR count). The van der Waals surface area contributed by atoms with Crippen LogP contribution in [0.3, 0.4) is 0 Å². The molecular weight excluding hydrogens is 549 g/mol. The van der Waals surface area contributed by atoms with Crippen molar-refractivity contribution < 1.29 is 9.59 Å². The van der Waals surface area contributed by atoms with Crippen LogP contribution in [0.15, 0.2) is 102 Å². The van der Waals surface area contributed by atoms with Gasteiger partial charge in [-0.1, -0.05) is 71.2 Å². The normalized spacial score (nSPS) is 18.8. The molecule has 3 aromatic carbocycles. The Labute approximate surface area is 242 Å². The number of nitrogens with one attached hydrogen (secondary N) is 1. The molecule has 1 aliphatic heterocycles. The second kappa shape index (κ2) is 11.8. The van der Waals surface area contributed by atoms with Crippen LogP contribution < -0.4 is 5.32 Å². The molecule has 2 amide bonds. The summed E-state index contributed by atoms with van der Waals surface area (Å²) in [5.41, 5.74) is 3.63. The van der Waals surface area contributed by atoms with Crippen molar-refractivity contribution in [3.05, 3.63) is 130 Å². The van der Waals surface area contributed by atoms with Crippen LogP contribution in [0.25, 0.3) is 0 Å². The number of rotatable bonds is 8. The van der Waals surface area contributed by atoms with Crippen molar-refractivity contribution in [2.24, 2.45) is 0 Å². The molecule has 2 heterocycles. The molecule has 8 heteroatoms. The lowest BCUT2D eigenvalue weighted by Crippen LogP contribution is -2.48. The van der Waals surface area contributed by atoms with Gasteiger partial charge in [0.2, 0.25) is 11.8 Å². The second-order valence-corrected chi connectivity index (χ2v) is 11.9. The Morgan fingerprint density at radius 2 is 1.64 bits per heavy atom. The number of pyridine rings is 1. The van der Waals surface area contributed by atoms with E-state index in [1.54, 1.807) is 23.2 Å². The highest BCUT2D eigenvalue weighted by Crippen LogP contribution is 2.53. The predicted molar refractivity (Wildman–Crippen MR) is 157 cm³/mol. The van der Waals surface area contributed by atoms with Gasteiger partial charge in [-0.2, -0.15) is 0 Å². The Morgan fingerprint density at radius 3 is 2.28 bits per heavy atom. The number of carbonyl (C=O) groups is 2. The average molecular weight is 577 g/mol. The molecule has 2 unspecified atom stereocenters. The van der Waals surface area contributed by atoms with Gasteiger partial charge in [-0.25, -0.2) is 0 Å². The first-order valence-corrected chi connectivity index (χ1v) is 14.1. The minimum atomic E-state index is -1.14. The maximum absolute atomic E-state index is 14.3. The molecule has 0 bridgehead atoms. The summed E-state index contributed by atoms with van der Waals surface area (Å²) >= 11 is 13.8. The summed E-state index contributed by atoms with van der Waals surface area (Å²) in [6.07, 6.45) is 1.74. The lowest BCUT2D eigenvalue weighted by Gasteiger charge is -2.36. The van der Waals surface area contributed by atoms with Gasteiger partial charge >= 0.3 is 0 Å². The summed E-state index contributed by atoms with van der Waals surface area (Å²) in [4.78, 5) is 35.1. The number of nitrogens with zero attached hydrogens (tertiary/aromatic N) is 2. The van der Waals surface area contributed by atoms with Gasteiger partial charge in [0, 0.05) is 27.7 Å². The molecule has 0 spiro atoms. The third kappa shape index (κ3) is 6.14. The number of halogens is 2. The van der Waals surface area contributed by atoms with E-state index in [0.29, 0.717) is 16.6 Å². The Bertz CT molecular complexity index is 1450. The van der Waals surface area contributed by atoms with Gasteiger partial charge < -0.3 is 10.2 Å². The number of thioether (sulfide) groups is 1. The fraction of sp³-hybridized carbons (Fsp3) is 0.194. The van der Waals surface area contributed by atoms with Gasteiger partial charge in [0.05, 0.1) is 24.7 Å². The summed E-state index contributed by atoms with van der Waals surface area (Å²) in [6.45, 7) is 2.62. The van der Waals surface area contributed by atoms with Gasteiger partial charge in [-0.05, 0) is 66.6 Å². The molecule has 39 heavy (non-hydrogen) atoms. The van der Waals surface area contributed by atoms with Gasteiger partial charge in [0.1, 0.15) is 4.75 Å². The number of aromatic nitrogens is 1. The van der Waals surface area contributed by atoms with Crippen LogP contribution in [0.4, 0.5) is 0 Å². The molecule has 1 fully saturated rings. The topological polar surface area (TPSA) is 62.3 Å². The number of hydrogen-bond acceptors (Lipinski definition) is 4. The van der Waals surface area contributed by atoms with Crippen molar-refractivity contribution >= 4 is 46.8 Å². The van der Waals surface area contributed by atoms with Crippen LogP contribution in [0.1, 0.15) is 34.8 Å². The largest absolute Gasteiger partial charge is 0.349 e. The average Bonchev–Trinajstić information content (AvgIpc) is 3.22. The lowest BCUT2D eigenvalue weighted by atomic mass is 9.91. The van der Waals surface area contributed by atoms with Crippen LogP contribution in [-0.4, -0.2) is 26.4 Å². The lowest BCUT2D eigenvalue weighted by molar-refractivity contribution is -0.129. The molecule has 1 saturated heterocycles. The van der Waals surface area contributed by atoms with E-state index in [9.17, 15) is 9.59 Å². The quantitative estimate of drug-likeness (QED) is 0.245. The van der Waals surface area contributed by atoms with Crippen LogP contribution in [0, 0.1) is 6.92 Å². The first-order chi connectivity index (χ1) is 18.8. The smallest absolute Gasteiger partial charge is 0.239 e. The Kier molecular flexibility index (Phi) is 8.26. The highest BCUT2D eigenvalue weighted by atomic mass is 35.5. The summed E-state index contributed by atoms with van der Waals surface area (Å²) in [7, 11) is 0. The predicted octanol–water partition coefficient (Wildman–Crippen LogP) is 7.02. The number of aryl methyl sites for hydroxylation is 1. The third-order valence-corrected chi connectivity index (χ3v) is 8.73. The number of benzene rings is 3. The number of amides is 2. The fourth-order valence-corrected chi connectivity index (χ4v) is 6.54. The maximum atomic E-state index is 14.3. The molecule has 4 aromatic rings. The number of hydrogen-bond donors (Lipinski definition) is 1. The summed E-state index contributed by atoms with van der Waals surface area (Å²) in [5.74, 6) is -0.317. The number of carbonyl (C=O) groups excluding carboxylic acids is 2. The van der Waals surface area contributed by atoms with Crippen molar-refractivity contribution in [2.75, 3.05) is 0 Å². The van der Waals surface area contributed by atoms with Crippen LogP contribution in [0.2, 0.25) is 10.0 Å². The summed E-state index contributed by atoms with van der Waals surface area (Å²) in [6, 6.07) is 27.9. The van der Waals surface area contributed by atoms with E-state index < -0.39 is 10.8 Å². The summed E-state index contributed by atoms with van der Waals surface area (Å²) in [5, 5.41) is 4.30. The molecule has 5 nitrogen and oxygen atoms in total.